The number of H-pyrrole nitrogens is 1. The molecule has 0 aliphatic carbocycles. The van der Waals surface area contributed by atoms with Crippen LogP contribution in [0, 0.1) is 6.92 Å². The van der Waals surface area contributed by atoms with Crippen LogP contribution in [-0.2, 0) is 11.2 Å². The molecule has 0 amide bonds. The molecule has 0 saturated heterocycles. The van der Waals surface area contributed by atoms with E-state index in [2.05, 4.69) is 9.97 Å². The number of aromatic hydroxyl groups is 1. The zero-order chi connectivity index (χ0) is 16.6. The number of fused-ring (bicyclic) bond motifs is 1. The number of methoxy groups -OCH3 is 1. The molecular weight excluding hydrogens is 316 g/mol. The summed E-state index contributed by atoms with van der Waals surface area (Å²) in [5.41, 5.74) is 1.22. The number of aromatic nitrogens is 2. The van der Waals surface area contributed by atoms with Crippen LogP contribution in [0.2, 0.25) is 0 Å². The van der Waals surface area contributed by atoms with Crippen LogP contribution >= 0.6 is 11.3 Å². The lowest BCUT2D eigenvalue weighted by atomic mass is 10.1. The molecule has 0 spiro atoms. The number of aromatic amines is 1. The molecule has 23 heavy (non-hydrogen) atoms. The fourth-order valence-electron chi connectivity index (χ4n) is 2.37. The number of rotatable bonds is 3. The number of aryl methyl sites for hydroxylation is 1. The first-order chi connectivity index (χ1) is 11.0. The van der Waals surface area contributed by atoms with E-state index >= 15 is 0 Å². The molecule has 3 aromatic rings. The molecule has 1 aromatic carbocycles. The number of nitrogens with one attached hydrogen (secondary N) is 1. The number of nitrogens with zero attached hydrogens (tertiary/aromatic N) is 1. The van der Waals surface area contributed by atoms with Gasteiger partial charge in [-0.2, -0.15) is 0 Å². The number of esters is 1. The van der Waals surface area contributed by atoms with Crippen molar-refractivity contribution >= 4 is 27.5 Å². The van der Waals surface area contributed by atoms with Gasteiger partial charge in [-0.3, -0.25) is 4.79 Å². The van der Waals surface area contributed by atoms with Gasteiger partial charge in [-0.05, 0) is 30.2 Å². The molecule has 7 heteroatoms. The second-order valence-corrected chi connectivity index (χ2v) is 6.08. The lowest BCUT2D eigenvalue weighted by molar-refractivity contribution is 0.0605. The molecule has 3 rings (SSSR count). The zero-order valence-electron chi connectivity index (χ0n) is 12.5. The standard InChI is InChI=1S/C16H14N2O4S/c1-8-12-14(20)17-11(7-9-3-5-10(19)6-4-9)18-15(12)23-13(8)16(21)22-2/h3-6,19H,7H2,1-2H3,(H,17,18,20). The summed E-state index contributed by atoms with van der Waals surface area (Å²) in [6, 6.07) is 6.69. The third-order valence-electron chi connectivity index (χ3n) is 3.53. The summed E-state index contributed by atoms with van der Waals surface area (Å²) in [7, 11) is 1.31. The molecule has 0 bridgehead atoms. The van der Waals surface area contributed by atoms with Gasteiger partial charge in [0.15, 0.2) is 0 Å². The Labute approximate surface area is 135 Å². The van der Waals surface area contributed by atoms with Crippen molar-refractivity contribution < 1.29 is 14.6 Å². The molecule has 0 radical (unpaired) electrons. The normalized spacial score (nSPS) is 10.9. The summed E-state index contributed by atoms with van der Waals surface area (Å²) in [6.45, 7) is 1.71. The van der Waals surface area contributed by atoms with Gasteiger partial charge in [0, 0.05) is 6.42 Å². The maximum absolute atomic E-state index is 12.3. The molecule has 2 N–H and O–H groups in total. The first-order valence-electron chi connectivity index (χ1n) is 6.88. The van der Waals surface area contributed by atoms with E-state index in [1.54, 1.807) is 31.2 Å². The average molecular weight is 330 g/mol. The van der Waals surface area contributed by atoms with E-state index in [1.165, 1.54) is 7.11 Å². The predicted molar refractivity (Wildman–Crippen MR) is 87.2 cm³/mol. The highest BCUT2D eigenvalue weighted by Crippen LogP contribution is 2.27. The third kappa shape index (κ3) is 2.83. The molecule has 0 unspecified atom stereocenters. The van der Waals surface area contributed by atoms with Crippen LogP contribution in [0.5, 0.6) is 5.75 Å². The highest BCUT2D eigenvalue weighted by Gasteiger charge is 2.19. The molecule has 6 nitrogen and oxygen atoms in total. The Morgan fingerprint density at radius 3 is 2.70 bits per heavy atom. The number of carbonyl (C=O) groups is 1. The number of phenols is 1. The van der Waals surface area contributed by atoms with E-state index in [9.17, 15) is 14.7 Å². The van der Waals surface area contributed by atoms with Crippen molar-refractivity contribution in [1.82, 2.24) is 9.97 Å². The van der Waals surface area contributed by atoms with Crippen molar-refractivity contribution in [3.05, 3.63) is 56.4 Å². The van der Waals surface area contributed by atoms with Crippen LogP contribution in [0.15, 0.2) is 29.1 Å². The fraction of sp³-hybridized carbons (Fsp3) is 0.188. The number of thiophene rings is 1. The maximum Gasteiger partial charge on any atom is 0.348 e. The molecule has 2 aromatic heterocycles. The topological polar surface area (TPSA) is 92.3 Å². The van der Waals surface area contributed by atoms with Crippen LogP contribution in [0.3, 0.4) is 0 Å². The Morgan fingerprint density at radius 2 is 2.04 bits per heavy atom. The zero-order valence-corrected chi connectivity index (χ0v) is 13.4. The van der Waals surface area contributed by atoms with Crippen molar-refractivity contribution in [1.29, 1.82) is 0 Å². The predicted octanol–water partition coefficient (Wildman–Crippen LogP) is 2.38. The Morgan fingerprint density at radius 1 is 1.35 bits per heavy atom. The SMILES string of the molecule is COC(=O)c1sc2nc(Cc3ccc(O)cc3)[nH]c(=O)c2c1C. The lowest BCUT2D eigenvalue weighted by Gasteiger charge is -2.02. The summed E-state index contributed by atoms with van der Waals surface area (Å²) < 4.78 is 4.73. The van der Waals surface area contributed by atoms with Crippen molar-refractivity contribution in [2.24, 2.45) is 0 Å². The highest BCUT2D eigenvalue weighted by atomic mass is 32.1. The largest absolute Gasteiger partial charge is 0.508 e. The van der Waals surface area contributed by atoms with Crippen LogP contribution in [-0.4, -0.2) is 28.2 Å². The van der Waals surface area contributed by atoms with Gasteiger partial charge < -0.3 is 14.8 Å². The smallest absolute Gasteiger partial charge is 0.348 e. The van der Waals surface area contributed by atoms with E-state index in [0.29, 0.717) is 32.9 Å². The van der Waals surface area contributed by atoms with Gasteiger partial charge in [-0.25, -0.2) is 9.78 Å². The lowest BCUT2D eigenvalue weighted by Crippen LogP contribution is -2.12. The molecule has 0 saturated carbocycles. The van der Waals surface area contributed by atoms with E-state index < -0.39 is 5.97 Å². The molecule has 0 aliphatic heterocycles. The van der Waals surface area contributed by atoms with Crippen molar-refractivity contribution in [3.8, 4) is 5.75 Å². The monoisotopic (exact) mass is 330 g/mol. The van der Waals surface area contributed by atoms with Crippen molar-refractivity contribution in [2.75, 3.05) is 7.11 Å². The summed E-state index contributed by atoms with van der Waals surface area (Å²) in [4.78, 5) is 32.2. The van der Waals surface area contributed by atoms with Gasteiger partial charge in [-0.15, -0.1) is 11.3 Å². The number of benzene rings is 1. The minimum Gasteiger partial charge on any atom is -0.508 e. The van der Waals surface area contributed by atoms with Gasteiger partial charge in [0.2, 0.25) is 0 Å². The van der Waals surface area contributed by atoms with Gasteiger partial charge in [0.05, 0.1) is 12.5 Å². The van der Waals surface area contributed by atoms with E-state index in [1.807, 2.05) is 0 Å². The summed E-state index contributed by atoms with van der Waals surface area (Å²) in [5, 5.41) is 9.72. The van der Waals surface area contributed by atoms with E-state index in [0.717, 1.165) is 16.9 Å². The minimum atomic E-state index is -0.468. The number of carbonyl (C=O) groups excluding carboxylic acids is 1. The Bertz CT molecular complexity index is 941. The number of hydrogen-bond acceptors (Lipinski definition) is 6. The van der Waals surface area contributed by atoms with Crippen molar-refractivity contribution in [3.63, 3.8) is 0 Å². The van der Waals surface area contributed by atoms with E-state index in [-0.39, 0.29) is 11.3 Å². The Kier molecular flexibility index (Phi) is 3.87. The summed E-state index contributed by atoms with van der Waals surface area (Å²) >= 11 is 1.15. The van der Waals surface area contributed by atoms with Crippen molar-refractivity contribution in [2.45, 2.75) is 13.3 Å². The molecule has 0 fully saturated rings. The second-order valence-electron chi connectivity index (χ2n) is 5.08. The van der Waals surface area contributed by atoms with Gasteiger partial charge in [-0.1, -0.05) is 12.1 Å². The second kappa shape index (κ2) is 5.85. The van der Waals surface area contributed by atoms with Crippen LogP contribution in [0.4, 0.5) is 0 Å². The molecule has 0 atom stereocenters. The molecule has 0 aliphatic rings. The quantitative estimate of drug-likeness (QED) is 0.719. The Balaban J connectivity index is 2.05. The number of ether oxygens (including phenoxy) is 1. The van der Waals surface area contributed by atoms with Gasteiger partial charge in [0.25, 0.3) is 5.56 Å². The van der Waals surface area contributed by atoms with E-state index in [4.69, 9.17) is 4.74 Å². The molecular formula is C16H14N2O4S. The molecule has 2 heterocycles. The number of phenolic OH excluding ortho intramolecular Hbond substituents is 1. The fourth-order valence-corrected chi connectivity index (χ4v) is 3.49. The Hall–Kier alpha value is -2.67. The first kappa shape index (κ1) is 15.2. The first-order valence-corrected chi connectivity index (χ1v) is 7.69. The third-order valence-corrected chi connectivity index (χ3v) is 4.69. The highest BCUT2D eigenvalue weighted by molar-refractivity contribution is 7.20. The summed E-state index contributed by atoms with van der Waals surface area (Å²) in [6.07, 6.45) is 0.427. The molecule has 118 valence electrons. The van der Waals surface area contributed by atoms with Gasteiger partial charge >= 0.3 is 5.97 Å². The summed E-state index contributed by atoms with van der Waals surface area (Å²) in [5.74, 6) is 0.220. The average Bonchev–Trinajstić information content (AvgIpc) is 2.86. The van der Waals surface area contributed by atoms with Crippen LogP contribution < -0.4 is 5.56 Å². The van der Waals surface area contributed by atoms with Crippen LogP contribution in [0.25, 0.3) is 10.2 Å². The van der Waals surface area contributed by atoms with Gasteiger partial charge in [0.1, 0.15) is 21.3 Å². The maximum atomic E-state index is 12.3. The minimum absolute atomic E-state index is 0.183. The number of hydrogen-bond donors (Lipinski definition) is 2. The van der Waals surface area contributed by atoms with Crippen LogP contribution in [0.1, 0.15) is 26.6 Å².